The Kier molecular flexibility index (Phi) is 5.53. The lowest BCUT2D eigenvalue weighted by molar-refractivity contribution is -0.192. The number of allylic oxidation sites excluding steroid dienone is 4. The van der Waals surface area contributed by atoms with Gasteiger partial charge in [-0.2, -0.15) is 0 Å². The van der Waals surface area contributed by atoms with Gasteiger partial charge in [0.1, 0.15) is 11.5 Å². The first-order valence-electron chi connectivity index (χ1n) is 14.1. The second-order valence-electron chi connectivity index (χ2n) is 14.1. The number of fused-ring (bicyclic) bond motifs is 7. The Labute approximate surface area is 212 Å². The maximum absolute atomic E-state index is 12.8. The van der Waals surface area contributed by atoms with E-state index < -0.39 is 17.5 Å². The van der Waals surface area contributed by atoms with Crippen molar-refractivity contribution < 1.29 is 19.4 Å². The van der Waals surface area contributed by atoms with Gasteiger partial charge in [0.25, 0.3) is 0 Å². The SMILES string of the molecule is CC(=O)O[C@@H]1CC[C@]2(C)C3=CC=C4[C@@H]5[C@@H](C)CCC[C@]5(C)CC[C@@]4(C)[C@]3(C)CC[C@H]2[C@@]1(C)C(=O)O. The van der Waals surface area contributed by atoms with E-state index in [-0.39, 0.29) is 28.1 Å². The first kappa shape index (κ1) is 25.1. The lowest BCUT2D eigenvalue weighted by Crippen LogP contribution is -2.63. The number of hydrogen-bond acceptors (Lipinski definition) is 3. The number of esters is 1. The van der Waals surface area contributed by atoms with Crippen molar-refractivity contribution in [2.45, 2.75) is 112 Å². The Bertz CT molecular complexity index is 1010. The molecule has 5 rings (SSSR count). The second-order valence-corrected chi connectivity index (χ2v) is 14.1. The first-order valence-corrected chi connectivity index (χ1v) is 14.1. The quantitative estimate of drug-likeness (QED) is 0.418. The van der Waals surface area contributed by atoms with Gasteiger partial charge in [-0.15, -0.1) is 0 Å². The van der Waals surface area contributed by atoms with Gasteiger partial charge in [-0.25, -0.2) is 0 Å². The number of rotatable bonds is 2. The van der Waals surface area contributed by atoms with Crippen LogP contribution in [0.4, 0.5) is 0 Å². The molecule has 0 heterocycles. The topological polar surface area (TPSA) is 63.6 Å². The van der Waals surface area contributed by atoms with Crippen molar-refractivity contribution in [3.05, 3.63) is 23.3 Å². The predicted octanol–water partition coefficient (Wildman–Crippen LogP) is 7.33. The molecule has 4 fully saturated rings. The molecule has 0 unspecified atom stereocenters. The maximum atomic E-state index is 12.8. The van der Waals surface area contributed by atoms with Gasteiger partial charge in [-0.1, -0.05) is 70.8 Å². The summed E-state index contributed by atoms with van der Waals surface area (Å²) in [5.74, 6) is 0.117. The maximum Gasteiger partial charge on any atom is 0.313 e. The zero-order valence-corrected chi connectivity index (χ0v) is 23.0. The van der Waals surface area contributed by atoms with Gasteiger partial charge in [0.2, 0.25) is 0 Å². The van der Waals surface area contributed by atoms with E-state index in [4.69, 9.17) is 4.74 Å². The zero-order valence-electron chi connectivity index (χ0n) is 23.0. The molecule has 5 aliphatic carbocycles. The molecule has 1 N–H and O–H groups in total. The average Bonchev–Trinajstić information content (AvgIpc) is 2.76. The Balaban J connectivity index is 1.62. The van der Waals surface area contributed by atoms with Gasteiger partial charge in [0.05, 0.1) is 0 Å². The minimum atomic E-state index is -1.07. The summed E-state index contributed by atoms with van der Waals surface area (Å²) < 4.78 is 5.66. The molecule has 0 aromatic rings. The van der Waals surface area contributed by atoms with Gasteiger partial charge in [0.15, 0.2) is 0 Å². The minimum Gasteiger partial charge on any atom is -0.481 e. The highest BCUT2D eigenvalue weighted by Crippen LogP contribution is 2.74. The normalized spacial score (nSPS) is 50.9. The van der Waals surface area contributed by atoms with Gasteiger partial charge < -0.3 is 9.84 Å². The van der Waals surface area contributed by atoms with Crippen LogP contribution >= 0.6 is 0 Å². The summed E-state index contributed by atoms with van der Waals surface area (Å²) in [7, 11) is 0. The van der Waals surface area contributed by atoms with Crippen molar-refractivity contribution in [3.8, 4) is 0 Å². The van der Waals surface area contributed by atoms with Crippen molar-refractivity contribution >= 4 is 11.9 Å². The van der Waals surface area contributed by atoms with E-state index >= 15 is 0 Å². The molecule has 4 heteroatoms. The number of carboxylic acids is 1. The molecule has 5 aliphatic rings. The molecule has 0 aliphatic heterocycles. The van der Waals surface area contributed by atoms with Crippen molar-refractivity contribution in [1.29, 1.82) is 0 Å². The third-order valence-corrected chi connectivity index (χ3v) is 12.5. The fourth-order valence-corrected chi connectivity index (χ4v) is 10.4. The number of carboxylic acid groups (broad SMARTS) is 1. The van der Waals surface area contributed by atoms with E-state index in [2.05, 4.69) is 46.8 Å². The molecule has 4 saturated carbocycles. The average molecular weight is 483 g/mol. The fourth-order valence-electron chi connectivity index (χ4n) is 10.4. The van der Waals surface area contributed by atoms with Gasteiger partial charge in [-0.05, 0) is 91.3 Å². The van der Waals surface area contributed by atoms with E-state index in [9.17, 15) is 14.7 Å². The third-order valence-electron chi connectivity index (χ3n) is 12.5. The fraction of sp³-hybridized carbons (Fsp3) is 0.806. The van der Waals surface area contributed by atoms with Gasteiger partial charge in [0, 0.05) is 6.92 Å². The summed E-state index contributed by atoms with van der Waals surface area (Å²) in [5.41, 5.74) is 2.43. The number of hydrogen-bond donors (Lipinski definition) is 1. The van der Waals surface area contributed by atoms with Crippen LogP contribution in [0.5, 0.6) is 0 Å². The number of ether oxygens (including phenoxy) is 1. The minimum absolute atomic E-state index is 0.0362. The van der Waals surface area contributed by atoms with E-state index in [1.165, 1.54) is 44.6 Å². The molecular formula is C31H46O4. The second kappa shape index (κ2) is 7.71. The van der Waals surface area contributed by atoms with E-state index in [1.807, 2.05) is 6.92 Å². The highest BCUT2D eigenvalue weighted by atomic mass is 16.5. The van der Waals surface area contributed by atoms with Crippen molar-refractivity contribution in [3.63, 3.8) is 0 Å². The van der Waals surface area contributed by atoms with Crippen LogP contribution in [-0.4, -0.2) is 23.1 Å². The zero-order chi connectivity index (χ0) is 25.6. The first-order chi connectivity index (χ1) is 16.2. The van der Waals surface area contributed by atoms with Crippen LogP contribution in [0.3, 0.4) is 0 Å². The largest absolute Gasteiger partial charge is 0.481 e. The molecular weight excluding hydrogens is 436 g/mol. The predicted molar refractivity (Wildman–Crippen MR) is 138 cm³/mol. The van der Waals surface area contributed by atoms with Crippen LogP contribution in [0.15, 0.2) is 23.3 Å². The summed E-state index contributed by atoms with van der Waals surface area (Å²) in [4.78, 5) is 24.7. The Morgan fingerprint density at radius 3 is 2.29 bits per heavy atom. The Morgan fingerprint density at radius 2 is 1.63 bits per heavy atom. The molecule has 0 aromatic carbocycles. The molecule has 0 aromatic heterocycles. The highest BCUT2D eigenvalue weighted by molar-refractivity contribution is 5.77. The Morgan fingerprint density at radius 1 is 0.914 bits per heavy atom. The van der Waals surface area contributed by atoms with Crippen LogP contribution in [0, 0.1) is 44.8 Å². The number of carbonyl (C=O) groups excluding carboxylic acids is 1. The molecule has 0 saturated heterocycles. The Hall–Kier alpha value is -1.58. The number of carbonyl (C=O) groups is 2. The lowest BCUT2D eigenvalue weighted by Gasteiger charge is -2.68. The summed E-state index contributed by atoms with van der Waals surface area (Å²) in [6.45, 7) is 15.6. The van der Waals surface area contributed by atoms with Crippen LogP contribution in [0.25, 0.3) is 0 Å². The molecule has 0 spiro atoms. The van der Waals surface area contributed by atoms with Crippen molar-refractivity contribution in [1.82, 2.24) is 0 Å². The summed E-state index contributed by atoms with van der Waals surface area (Å²) >= 11 is 0. The number of aliphatic carboxylic acids is 1. The summed E-state index contributed by atoms with van der Waals surface area (Å²) in [6, 6.07) is 0. The standard InChI is InChI=1S/C31H46O4/c1-19-9-8-14-27(3)17-18-29(5)21(25(19)27)10-11-22-28(4)15-13-24(35-20(2)32)31(7,26(33)34)23(28)12-16-30(22,29)6/h10-11,19,23-25H,8-9,12-18H2,1-7H3,(H,33,34)/t19-,23+,24+,25-,27+,28+,29+,30+,31+/m0/s1. The molecule has 9 atom stereocenters. The van der Waals surface area contributed by atoms with Crippen molar-refractivity contribution in [2.24, 2.45) is 44.8 Å². The molecule has 194 valence electrons. The van der Waals surface area contributed by atoms with Crippen molar-refractivity contribution in [2.75, 3.05) is 0 Å². The molecule has 0 amide bonds. The van der Waals surface area contributed by atoms with E-state index in [1.54, 1.807) is 5.57 Å². The van der Waals surface area contributed by atoms with E-state index in [0.29, 0.717) is 17.8 Å². The van der Waals surface area contributed by atoms with Crippen LogP contribution in [-0.2, 0) is 14.3 Å². The molecule has 0 radical (unpaired) electrons. The van der Waals surface area contributed by atoms with Gasteiger partial charge >= 0.3 is 11.9 Å². The summed E-state index contributed by atoms with van der Waals surface area (Å²) in [5, 5.41) is 10.5. The highest BCUT2D eigenvalue weighted by Gasteiger charge is 2.68. The third kappa shape index (κ3) is 3.10. The molecule has 4 nitrogen and oxygen atoms in total. The van der Waals surface area contributed by atoms with Crippen LogP contribution in [0.2, 0.25) is 0 Å². The smallest absolute Gasteiger partial charge is 0.313 e. The molecule has 35 heavy (non-hydrogen) atoms. The van der Waals surface area contributed by atoms with E-state index in [0.717, 1.165) is 25.2 Å². The van der Waals surface area contributed by atoms with Crippen LogP contribution < -0.4 is 0 Å². The molecule has 0 bridgehead atoms. The van der Waals surface area contributed by atoms with Crippen LogP contribution in [0.1, 0.15) is 106 Å². The monoisotopic (exact) mass is 482 g/mol. The summed E-state index contributed by atoms with van der Waals surface area (Å²) in [6.07, 6.45) is 14.2. The lowest BCUT2D eigenvalue weighted by atomic mass is 9.36. The van der Waals surface area contributed by atoms with Gasteiger partial charge in [-0.3, -0.25) is 9.59 Å².